The van der Waals surface area contributed by atoms with Crippen molar-refractivity contribution in [3.63, 3.8) is 0 Å². The topological polar surface area (TPSA) is 125 Å². The van der Waals surface area contributed by atoms with Crippen molar-refractivity contribution in [1.82, 2.24) is 4.98 Å². The molecule has 2 N–H and O–H groups in total. The molecule has 2 rings (SSSR count). The molecule has 0 aliphatic carbocycles. The van der Waals surface area contributed by atoms with Crippen LogP contribution in [0.3, 0.4) is 0 Å². The fourth-order valence-corrected chi connectivity index (χ4v) is 2.86. The number of carbonyl (C=O) groups is 3. The third kappa shape index (κ3) is 5.33. The van der Waals surface area contributed by atoms with Crippen molar-refractivity contribution in [3.05, 3.63) is 23.2 Å². The highest BCUT2D eigenvalue weighted by molar-refractivity contribution is 7.14. The molecule has 0 saturated heterocycles. The molecule has 0 bridgehead atoms. The minimum atomic E-state index is -0.784. The summed E-state index contributed by atoms with van der Waals surface area (Å²) in [6.07, 6.45) is 0. The normalized spacial score (nSPS) is 10.0. The van der Waals surface area contributed by atoms with Gasteiger partial charge in [0.1, 0.15) is 0 Å². The lowest BCUT2D eigenvalue weighted by Crippen LogP contribution is -2.21. The molecule has 0 saturated carbocycles. The van der Waals surface area contributed by atoms with Crippen molar-refractivity contribution >= 4 is 39.9 Å². The van der Waals surface area contributed by atoms with Crippen LogP contribution in [0.4, 0.5) is 10.8 Å². The second-order valence-electron chi connectivity index (χ2n) is 5.26. The Hall–Kier alpha value is -3.34. The van der Waals surface area contributed by atoms with E-state index in [0.29, 0.717) is 22.9 Å². The van der Waals surface area contributed by atoms with Crippen molar-refractivity contribution in [2.24, 2.45) is 0 Å². The van der Waals surface area contributed by atoms with E-state index in [-0.39, 0.29) is 16.7 Å². The van der Waals surface area contributed by atoms with Crippen LogP contribution < -0.4 is 24.8 Å². The van der Waals surface area contributed by atoms with E-state index in [0.717, 1.165) is 11.3 Å². The number of anilines is 2. The summed E-state index contributed by atoms with van der Waals surface area (Å²) in [6, 6.07) is 3.09. The van der Waals surface area contributed by atoms with E-state index >= 15 is 0 Å². The number of rotatable bonds is 8. The zero-order valence-electron chi connectivity index (χ0n) is 15.7. The number of methoxy groups -OCH3 is 3. The predicted octanol–water partition coefficient (Wildman–Crippen LogP) is 1.92. The number of thiazole rings is 1. The second kappa shape index (κ2) is 9.55. The van der Waals surface area contributed by atoms with Gasteiger partial charge in [-0.25, -0.2) is 9.78 Å². The Bertz CT molecular complexity index is 856. The van der Waals surface area contributed by atoms with Gasteiger partial charge in [-0.2, -0.15) is 0 Å². The maximum atomic E-state index is 12.1. The Balaban J connectivity index is 1.97. The van der Waals surface area contributed by atoms with E-state index < -0.39 is 18.5 Å². The van der Waals surface area contributed by atoms with Gasteiger partial charge >= 0.3 is 5.97 Å². The maximum absolute atomic E-state index is 12.1. The molecule has 1 aromatic carbocycles. The number of hydrogen-bond acceptors (Lipinski definition) is 9. The van der Waals surface area contributed by atoms with Gasteiger partial charge in [0.2, 0.25) is 11.7 Å². The Labute approximate surface area is 164 Å². The van der Waals surface area contributed by atoms with E-state index in [2.05, 4.69) is 15.6 Å². The molecule has 0 unspecified atom stereocenters. The molecule has 0 atom stereocenters. The first kappa shape index (κ1) is 21.0. The minimum Gasteiger partial charge on any atom is -0.493 e. The van der Waals surface area contributed by atoms with Crippen molar-refractivity contribution in [1.29, 1.82) is 0 Å². The molecular formula is C17H19N3O7S. The summed E-state index contributed by atoms with van der Waals surface area (Å²) in [5, 5.41) is 6.72. The van der Waals surface area contributed by atoms with Crippen LogP contribution >= 0.6 is 11.3 Å². The Morgan fingerprint density at radius 3 is 2.21 bits per heavy atom. The number of aromatic nitrogens is 1. The molecule has 10 nitrogen and oxygen atoms in total. The van der Waals surface area contributed by atoms with Gasteiger partial charge in [-0.05, 0) is 0 Å². The predicted molar refractivity (Wildman–Crippen MR) is 101 cm³/mol. The molecule has 0 aliphatic heterocycles. The van der Waals surface area contributed by atoms with Gasteiger partial charge in [0.15, 0.2) is 28.9 Å². The van der Waals surface area contributed by atoms with E-state index in [1.807, 2.05) is 0 Å². The van der Waals surface area contributed by atoms with Crippen LogP contribution in [0.5, 0.6) is 17.2 Å². The molecule has 1 heterocycles. The van der Waals surface area contributed by atoms with Gasteiger partial charge in [-0.1, -0.05) is 0 Å². The first-order valence-electron chi connectivity index (χ1n) is 7.88. The van der Waals surface area contributed by atoms with Gasteiger partial charge in [-0.3, -0.25) is 9.59 Å². The lowest BCUT2D eigenvalue weighted by molar-refractivity contribution is -0.119. The number of nitrogens with zero attached hydrogens (tertiary/aromatic N) is 1. The summed E-state index contributed by atoms with van der Waals surface area (Å²) in [5.74, 6) is -0.552. The Morgan fingerprint density at radius 1 is 1.04 bits per heavy atom. The average molecular weight is 409 g/mol. The highest BCUT2D eigenvalue weighted by Gasteiger charge is 2.17. The monoisotopic (exact) mass is 409 g/mol. The second-order valence-corrected chi connectivity index (χ2v) is 6.12. The van der Waals surface area contributed by atoms with Gasteiger partial charge in [-0.15, -0.1) is 11.3 Å². The highest BCUT2D eigenvalue weighted by atomic mass is 32.1. The summed E-state index contributed by atoms with van der Waals surface area (Å²) in [5.41, 5.74) is 0.367. The molecule has 11 heteroatoms. The number of nitrogens with one attached hydrogen (secondary N) is 2. The van der Waals surface area contributed by atoms with E-state index in [1.165, 1.54) is 33.6 Å². The van der Waals surface area contributed by atoms with Crippen LogP contribution in [0.1, 0.15) is 17.4 Å². The maximum Gasteiger partial charge on any atom is 0.358 e. The zero-order valence-corrected chi connectivity index (χ0v) is 16.5. The van der Waals surface area contributed by atoms with E-state index in [1.54, 1.807) is 12.1 Å². The third-order valence-electron chi connectivity index (χ3n) is 3.28. The number of amides is 2. The standard InChI is InChI=1S/C17H19N3O7S/c1-9(21)18-17-20-11(8-28-17)16(23)27-7-14(22)19-10-5-12(24-2)15(26-4)13(6-10)25-3/h5-6,8H,7H2,1-4H3,(H,19,22)(H,18,20,21). The van der Waals surface area contributed by atoms with Crippen LogP contribution in [0.15, 0.2) is 17.5 Å². The Kier molecular flexibility index (Phi) is 7.15. The summed E-state index contributed by atoms with van der Waals surface area (Å²) in [6.45, 7) is 0.801. The van der Waals surface area contributed by atoms with Gasteiger partial charge in [0.05, 0.1) is 21.3 Å². The Morgan fingerprint density at radius 2 is 1.68 bits per heavy atom. The molecule has 150 valence electrons. The molecule has 28 heavy (non-hydrogen) atoms. The fourth-order valence-electron chi connectivity index (χ4n) is 2.13. The van der Waals surface area contributed by atoms with Crippen LogP contribution in [0.25, 0.3) is 0 Å². The van der Waals surface area contributed by atoms with Crippen molar-refractivity contribution in [2.75, 3.05) is 38.6 Å². The summed E-state index contributed by atoms with van der Waals surface area (Å²) < 4.78 is 20.6. The molecule has 1 aromatic heterocycles. The average Bonchev–Trinajstić information content (AvgIpc) is 3.12. The van der Waals surface area contributed by atoms with Gasteiger partial charge < -0.3 is 29.6 Å². The van der Waals surface area contributed by atoms with Crippen molar-refractivity contribution in [3.8, 4) is 17.2 Å². The molecule has 0 fully saturated rings. The van der Waals surface area contributed by atoms with Gasteiger partial charge in [0, 0.05) is 30.1 Å². The van der Waals surface area contributed by atoms with Crippen molar-refractivity contribution < 1.29 is 33.3 Å². The first-order valence-corrected chi connectivity index (χ1v) is 8.76. The number of hydrogen-bond donors (Lipinski definition) is 2. The molecule has 2 aromatic rings. The zero-order chi connectivity index (χ0) is 20.7. The van der Waals surface area contributed by atoms with E-state index in [4.69, 9.17) is 18.9 Å². The summed E-state index contributed by atoms with van der Waals surface area (Å²) in [4.78, 5) is 38.9. The van der Waals surface area contributed by atoms with Crippen LogP contribution in [-0.4, -0.2) is 50.7 Å². The number of ether oxygens (including phenoxy) is 4. The molecule has 0 aliphatic rings. The summed E-state index contributed by atoms with van der Waals surface area (Å²) in [7, 11) is 4.37. The third-order valence-corrected chi connectivity index (χ3v) is 4.04. The summed E-state index contributed by atoms with van der Waals surface area (Å²) >= 11 is 1.07. The fraction of sp³-hybridized carbons (Fsp3) is 0.294. The quantitative estimate of drug-likeness (QED) is 0.634. The smallest absolute Gasteiger partial charge is 0.358 e. The van der Waals surface area contributed by atoms with E-state index in [9.17, 15) is 14.4 Å². The molecule has 2 amide bonds. The SMILES string of the molecule is COc1cc(NC(=O)COC(=O)c2csc(NC(C)=O)n2)cc(OC)c1OC. The minimum absolute atomic E-state index is 0.00524. The van der Waals surface area contributed by atoms with Gasteiger partial charge in [0.25, 0.3) is 5.91 Å². The number of carbonyl (C=O) groups excluding carboxylic acids is 3. The molecule has 0 spiro atoms. The van der Waals surface area contributed by atoms with Crippen molar-refractivity contribution in [2.45, 2.75) is 6.92 Å². The lowest BCUT2D eigenvalue weighted by atomic mass is 10.2. The van der Waals surface area contributed by atoms with Crippen LogP contribution in [-0.2, 0) is 14.3 Å². The largest absolute Gasteiger partial charge is 0.493 e. The lowest BCUT2D eigenvalue weighted by Gasteiger charge is -2.14. The van der Waals surface area contributed by atoms with Crippen LogP contribution in [0, 0.1) is 0 Å². The molecular weight excluding hydrogens is 390 g/mol. The number of esters is 1. The number of benzene rings is 1. The first-order chi connectivity index (χ1) is 13.4. The highest BCUT2D eigenvalue weighted by Crippen LogP contribution is 2.39. The van der Waals surface area contributed by atoms with Crippen LogP contribution in [0.2, 0.25) is 0 Å². The molecule has 0 radical (unpaired) electrons.